The zero-order chi connectivity index (χ0) is 9.72. The molecule has 0 rings (SSSR count). The first-order chi connectivity index (χ1) is 5.49. The molecule has 0 aromatic rings. The number of carbonyl (C=O) groups is 2. The van der Waals surface area contributed by atoms with Crippen molar-refractivity contribution in [1.82, 2.24) is 0 Å². The van der Waals surface area contributed by atoms with Crippen LogP contribution in [0.4, 0.5) is 0 Å². The topological polar surface area (TPSA) is 74.6 Å². The van der Waals surface area contributed by atoms with Crippen molar-refractivity contribution in [2.75, 3.05) is 0 Å². The number of aliphatic carboxylic acids is 2. The van der Waals surface area contributed by atoms with Gasteiger partial charge < -0.3 is 10.2 Å². The highest BCUT2D eigenvalue weighted by Gasteiger charge is 2.12. The van der Waals surface area contributed by atoms with E-state index in [-0.39, 0.29) is 5.57 Å². The third-order valence-electron chi connectivity index (χ3n) is 1.27. The van der Waals surface area contributed by atoms with Crippen molar-refractivity contribution < 1.29 is 19.8 Å². The molecule has 0 amide bonds. The fraction of sp³-hybridized carbons (Fsp3) is 0.429. The van der Waals surface area contributed by atoms with Crippen molar-refractivity contribution in [3.05, 3.63) is 11.6 Å². The third-order valence-corrected chi connectivity index (χ3v) is 1.64. The maximum Gasteiger partial charge on any atom is 0.331 e. The summed E-state index contributed by atoms with van der Waals surface area (Å²) >= 11 is 3.67. The van der Waals surface area contributed by atoms with Crippen LogP contribution in [0, 0.1) is 0 Å². The summed E-state index contributed by atoms with van der Waals surface area (Å²) in [5, 5.41) is 15.9. The van der Waals surface area contributed by atoms with Crippen molar-refractivity contribution in [1.29, 1.82) is 0 Å². The minimum Gasteiger partial charge on any atom is -0.480 e. The molecule has 0 radical (unpaired) electrons. The van der Waals surface area contributed by atoms with Gasteiger partial charge in [-0.1, -0.05) is 13.0 Å². The molecule has 1 unspecified atom stereocenters. The Bertz CT molecular complexity index is 221. The average molecular weight is 190 g/mol. The van der Waals surface area contributed by atoms with Gasteiger partial charge in [0.2, 0.25) is 0 Å². The number of rotatable bonds is 4. The van der Waals surface area contributed by atoms with Crippen LogP contribution < -0.4 is 0 Å². The van der Waals surface area contributed by atoms with Gasteiger partial charge in [-0.25, -0.2) is 4.79 Å². The van der Waals surface area contributed by atoms with E-state index in [1.807, 2.05) is 0 Å². The van der Waals surface area contributed by atoms with Gasteiger partial charge in [-0.05, 0) is 6.42 Å². The normalized spacial score (nSPS) is 14.0. The highest BCUT2D eigenvalue weighted by Crippen LogP contribution is 2.06. The van der Waals surface area contributed by atoms with E-state index in [2.05, 4.69) is 12.6 Å². The zero-order valence-electron chi connectivity index (χ0n) is 6.52. The lowest BCUT2D eigenvalue weighted by molar-refractivity contribution is -0.135. The molecule has 5 heteroatoms. The molecule has 68 valence electrons. The Morgan fingerprint density at radius 1 is 1.50 bits per heavy atom. The van der Waals surface area contributed by atoms with Gasteiger partial charge in [0, 0.05) is 5.57 Å². The van der Waals surface area contributed by atoms with Crippen LogP contribution in [0.25, 0.3) is 0 Å². The second-order valence-corrected chi connectivity index (χ2v) is 2.69. The quantitative estimate of drug-likeness (QED) is 0.452. The Hall–Kier alpha value is -0.970. The fourth-order valence-electron chi connectivity index (χ4n) is 0.602. The van der Waals surface area contributed by atoms with E-state index in [1.54, 1.807) is 6.92 Å². The summed E-state index contributed by atoms with van der Waals surface area (Å²) in [6.45, 7) is 1.64. The molecule has 0 fully saturated rings. The molecule has 0 heterocycles. The van der Waals surface area contributed by atoms with Gasteiger partial charge in [-0.2, -0.15) is 12.6 Å². The van der Waals surface area contributed by atoms with Crippen LogP contribution in [0.3, 0.4) is 0 Å². The minimum absolute atomic E-state index is 0.0670. The molecule has 2 N–H and O–H groups in total. The molecule has 0 aliphatic rings. The van der Waals surface area contributed by atoms with Crippen LogP contribution in [0.2, 0.25) is 0 Å². The molecule has 0 bridgehead atoms. The number of thiol groups is 1. The van der Waals surface area contributed by atoms with E-state index in [0.29, 0.717) is 6.42 Å². The van der Waals surface area contributed by atoms with Crippen molar-refractivity contribution in [3.8, 4) is 0 Å². The lowest BCUT2D eigenvalue weighted by atomic mass is 10.1. The maximum absolute atomic E-state index is 10.4. The lowest BCUT2D eigenvalue weighted by Gasteiger charge is -2.00. The predicted octanol–water partition coefficient (Wildman–Crippen LogP) is 0.790. The van der Waals surface area contributed by atoms with Crippen LogP contribution in [0.5, 0.6) is 0 Å². The fourth-order valence-corrected chi connectivity index (χ4v) is 0.782. The van der Waals surface area contributed by atoms with Crippen LogP contribution in [-0.2, 0) is 9.59 Å². The van der Waals surface area contributed by atoms with Gasteiger partial charge in [-0.3, -0.25) is 4.79 Å². The van der Waals surface area contributed by atoms with E-state index >= 15 is 0 Å². The Balaban J connectivity index is 4.48. The average Bonchev–Trinajstić information content (AvgIpc) is 1.98. The number of hydrogen-bond donors (Lipinski definition) is 3. The smallest absolute Gasteiger partial charge is 0.331 e. The first kappa shape index (κ1) is 11.0. The Morgan fingerprint density at radius 3 is 2.25 bits per heavy atom. The largest absolute Gasteiger partial charge is 0.480 e. The molecule has 0 aliphatic carbocycles. The highest BCUT2D eigenvalue weighted by molar-refractivity contribution is 7.82. The van der Waals surface area contributed by atoms with E-state index < -0.39 is 17.2 Å². The molecular formula is C7H10O4S. The molecule has 0 aliphatic heterocycles. The summed E-state index contributed by atoms with van der Waals surface area (Å²) in [4.78, 5) is 20.7. The molecule has 0 saturated carbocycles. The lowest BCUT2D eigenvalue weighted by Crippen LogP contribution is -2.13. The molecular weight excluding hydrogens is 180 g/mol. The molecule has 1 atom stereocenters. The number of hydrogen-bond acceptors (Lipinski definition) is 3. The van der Waals surface area contributed by atoms with Crippen molar-refractivity contribution in [3.63, 3.8) is 0 Å². The first-order valence-corrected chi connectivity index (χ1v) is 3.85. The second-order valence-electron chi connectivity index (χ2n) is 2.13. The predicted molar refractivity (Wildman–Crippen MR) is 46.4 cm³/mol. The van der Waals surface area contributed by atoms with Crippen LogP contribution in [0.1, 0.15) is 13.3 Å². The van der Waals surface area contributed by atoms with E-state index in [4.69, 9.17) is 10.2 Å². The van der Waals surface area contributed by atoms with Crippen LogP contribution in [0.15, 0.2) is 11.6 Å². The summed E-state index contributed by atoms with van der Waals surface area (Å²) in [6.07, 6.45) is 1.41. The number of carboxylic acid groups (broad SMARTS) is 2. The van der Waals surface area contributed by atoms with E-state index in [9.17, 15) is 9.59 Å². The van der Waals surface area contributed by atoms with Crippen molar-refractivity contribution in [2.24, 2.45) is 0 Å². The van der Waals surface area contributed by atoms with Gasteiger partial charge in [0.15, 0.2) is 0 Å². The molecule has 12 heavy (non-hydrogen) atoms. The van der Waals surface area contributed by atoms with Gasteiger partial charge in [0.05, 0.1) is 0 Å². The summed E-state index contributed by atoms with van der Waals surface area (Å²) in [6, 6.07) is 0. The maximum atomic E-state index is 10.4. The van der Waals surface area contributed by atoms with E-state index in [0.717, 1.165) is 6.08 Å². The molecule has 0 spiro atoms. The Kier molecular flexibility index (Phi) is 4.43. The van der Waals surface area contributed by atoms with Crippen LogP contribution >= 0.6 is 12.6 Å². The SMILES string of the molecule is CCC(=CC(S)C(=O)O)C(=O)O. The standard InChI is InChI=1S/C7H10O4S/c1-2-4(6(8)9)3-5(12)7(10)11/h3,5,12H,2H2,1H3,(H,8,9)(H,10,11). The second kappa shape index (κ2) is 4.82. The summed E-state index contributed by atoms with van der Waals surface area (Å²) in [5.74, 6) is -2.25. The van der Waals surface area contributed by atoms with Crippen molar-refractivity contribution >= 4 is 24.6 Å². The molecule has 0 aromatic carbocycles. The first-order valence-electron chi connectivity index (χ1n) is 3.34. The number of carboxylic acids is 2. The van der Waals surface area contributed by atoms with Gasteiger partial charge >= 0.3 is 11.9 Å². The zero-order valence-corrected chi connectivity index (χ0v) is 7.41. The molecule has 0 aromatic heterocycles. The Labute approximate surface area is 75.3 Å². The Morgan fingerprint density at radius 2 is 2.00 bits per heavy atom. The molecule has 0 saturated heterocycles. The summed E-state index contributed by atoms with van der Waals surface area (Å²) < 4.78 is 0. The van der Waals surface area contributed by atoms with Gasteiger partial charge in [0.25, 0.3) is 0 Å². The van der Waals surface area contributed by atoms with Crippen LogP contribution in [-0.4, -0.2) is 27.4 Å². The minimum atomic E-state index is -1.15. The van der Waals surface area contributed by atoms with Gasteiger partial charge in [0.1, 0.15) is 5.25 Å². The monoisotopic (exact) mass is 190 g/mol. The van der Waals surface area contributed by atoms with E-state index in [1.165, 1.54) is 0 Å². The summed E-state index contributed by atoms with van der Waals surface area (Å²) in [7, 11) is 0. The molecule has 4 nitrogen and oxygen atoms in total. The summed E-state index contributed by atoms with van der Waals surface area (Å²) in [5.41, 5.74) is 0.0670. The van der Waals surface area contributed by atoms with Crippen molar-refractivity contribution in [2.45, 2.75) is 18.6 Å². The van der Waals surface area contributed by atoms with Gasteiger partial charge in [-0.15, -0.1) is 0 Å². The highest BCUT2D eigenvalue weighted by atomic mass is 32.1. The third kappa shape index (κ3) is 3.43.